The molecule has 1 aromatic heterocycles. The van der Waals surface area contributed by atoms with Crippen LogP contribution in [-0.2, 0) is 4.79 Å². The minimum absolute atomic E-state index is 0.0725. The highest BCUT2D eigenvalue weighted by molar-refractivity contribution is 6.01. The van der Waals surface area contributed by atoms with Crippen LogP contribution in [0.15, 0.2) is 18.2 Å². The van der Waals surface area contributed by atoms with Crippen LogP contribution >= 0.6 is 0 Å². The molecule has 0 spiro atoms. The molecular weight excluding hydrogens is 294 g/mol. The zero-order valence-electron chi connectivity index (χ0n) is 14.3. The monoisotopic (exact) mass is 317 g/mol. The van der Waals surface area contributed by atoms with Gasteiger partial charge in [-0.05, 0) is 12.1 Å². The third kappa shape index (κ3) is 3.73. The average molecular weight is 317 g/mol. The van der Waals surface area contributed by atoms with E-state index in [1.54, 1.807) is 26.4 Å². The molecule has 124 valence electrons. The van der Waals surface area contributed by atoms with Gasteiger partial charge < -0.3 is 14.5 Å². The predicted octanol–water partition coefficient (Wildman–Crippen LogP) is 3.76. The lowest BCUT2D eigenvalue weighted by Gasteiger charge is -2.15. The van der Waals surface area contributed by atoms with Crippen LogP contribution in [0.2, 0.25) is 0 Å². The van der Waals surface area contributed by atoms with Crippen molar-refractivity contribution in [1.29, 1.82) is 0 Å². The van der Waals surface area contributed by atoms with Crippen molar-refractivity contribution < 1.29 is 19.1 Å². The van der Waals surface area contributed by atoms with Gasteiger partial charge in [0.15, 0.2) is 17.3 Å². The lowest BCUT2D eigenvalue weighted by molar-refractivity contribution is -0.126. The van der Waals surface area contributed by atoms with Crippen molar-refractivity contribution in [3.8, 4) is 11.5 Å². The molecule has 2 aromatic rings. The molecule has 0 saturated carbocycles. The molecule has 23 heavy (non-hydrogen) atoms. The number of fused-ring (bicyclic) bond motifs is 1. The van der Waals surface area contributed by atoms with Gasteiger partial charge in [-0.1, -0.05) is 20.8 Å². The van der Waals surface area contributed by atoms with Crippen LogP contribution in [0.4, 0.5) is 0 Å². The molecule has 0 saturated heterocycles. The van der Waals surface area contributed by atoms with E-state index < -0.39 is 5.41 Å². The van der Waals surface area contributed by atoms with Crippen LogP contribution in [0.1, 0.15) is 44.1 Å². The van der Waals surface area contributed by atoms with Crippen molar-refractivity contribution in [2.24, 2.45) is 5.41 Å². The Morgan fingerprint density at radius 1 is 1.00 bits per heavy atom. The van der Waals surface area contributed by atoms with E-state index >= 15 is 0 Å². The fourth-order valence-electron chi connectivity index (χ4n) is 2.35. The van der Waals surface area contributed by atoms with Gasteiger partial charge in [-0.3, -0.25) is 9.59 Å². The highest BCUT2D eigenvalue weighted by atomic mass is 16.5. The number of nitrogens with one attached hydrogen (secondary N) is 1. The highest BCUT2D eigenvalue weighted by Gasteiger charge is 2.22. The molecule has 1 heterocycles. The average Bonchev–Trinajstić information content (AvgIpc) is 2.92. The lowest BCUT2D eigenvalue weighted by Crippen LogP contribution is -2.20. The summed E-state index contributed by atoms with van der Waals surface area (Å²) in [7, 11) is 3.14. The predicted molar refractivity (Wildman–Crippen MR) is 89.4 cm³/mol. The fraction of sp³-hybridized carbons (Fsp3) is 0.444. The molecule has 5 heteroatoms. The van der Waals surface area contributed by atoms with Gasteiger partial charge in [0.25, 0.3) is 0 Å². The Balaban J connectivity index is 2.20. The van der Waals surface area contributed by atoms with E-state index in [1.165, 1.54) is 0 Å². The summed E-state index contributed by atoms with van der Waals surface area (Å²) < 4.78 is 10.5. The van der Waals surface area contributed by atoms with Gasteiger partial charge in [0.2, 0.25) is 0 Å². The van der Waals surface area contributed by atoms with E-state index in [2.05, 4.69) is 4.98 Å². The highest BCUT2D eigenvalue weighted by Crippen LogP contribution is 2.32. The molecule has 0 amide bonds. The van der Waals surface area contributed by atoms with Crippen LogP contribution in [0.5, 0.6) is 11.5 Å². The summed E-state index contributed by atoms with van der Waals surface area (Å²) >= 11 is 0. The molecule has 0 unspecified atom stereocenters. The molecule has 0 aliphatic heterocycles. The maximum absolute atomic E-state index is 12.3. The number of rotatable bonds is 6. The van der Waals surface area contributed by atoms with Crippen LogP contribution in [0.3, 0.4) is 0 Å². The standard InChI is InChI=1S/C18H23NO4/c1-18(2,3)17(21)7-6-14(20)13-8-11-9-15(22-4)16(23-5)10-12(11)19-13/h8-10,19H,6-7H2,1-5H3. The number of ketones is 2. The molecule has 0 aliphatic rings. The molecule has 0 bridgehead atoms. The summed E-state index contributed by atoms with van der Waals surface area (Å²) in [4.78, 5) is 27.3. The maximum atomic E-state index is 12.3. The smallest absolute Gasteiger partial charge is 0.179 e. The summed E-state index contributed by atoms with van der Waals surface area (Å²) in [5.41, 5.74) is 0.881. The summed E-state index contributed by atoms with van der Waals surface area (Å²) in [5, 5.41) is 0.869. The first-order valence-electron chi connectivity index (χ1n) is 7.57. The van der Waals surface area contributed by atoms with Crippen LogP contribution in [-0.4, -0.2) is 30.8 Å². The number of hydrogen-bond donors (Lipinski definition) is 1. The summed E-state index contributed by atoms with van der Waals surface area (Å²) in [5.74, 6) is 1.23. The largest absolute Gasteiger partial charge is 0.493 e. The molecule has 2 rings (SSSR count). The van der Waals surface area contributed by atoms with Crippen molar-refractivity contribution in [3.05, 3.63) is 23.9 Å². The third-order valence-corrected chi connectivity index (χ3v) is 3.84. The minimum Gasteiger partial charge on any atom is -0.493 e. The summed E-state index contributed by atoms with van der Waals surface area (Å²) in [6.45, 7) is 5.59. The van der Waals surface area contributed by atoms with Gasteiger partial charge in [0.1, 0.15) is 5.78 Å². The van der Waals surface area contributed by atoms with Crippen LogP contribution < -0.4 is 9.47 Å². The van der Waals surface area contributed by atoms with Crippen molar-refractivity contribution >= 4 is 22.5 Å². The van der Waals surface area contributed by atoms with E-state index in [9.17, 15) is 9.59 Å². The topological polar surface area (TPSA) is 68.4 Å². The van der Waals surface area contributed by atoms with Gasteiger partial charge in [0, 0.05) is 35.2 Å². The molecule has 0 fully saturated rings. The number of aromatic nitrogens is 1. The van der Waals surface area contributed by atoms with E-state index in [4.69, 9.17) is 9.47 Å². The first kappa shape index (κ1) is 17.1. The molecule has 1 N–H and O–H groups in total. The second-order valence-corrected chi connectivity index (χ2v) is 6.57. The number of carbonyl (C=O) groups excluding carboxylic acids is 2. The van der Waals surface area contributed by atoms with E-state index in [1.807, 2.05) is 26.8 Å². The van der Waals surface area contributed by atoms with Gasteiger partial charge in [-0.15, -0.1) is 0 Å². The summed E-state index contributed by atoms with van der Waals surface area (Å²) in [6, 6.07) is 5.40. The number of ether oxygens (including phenoxy) is 2. The Hall–Kier alpha value is -2.30. The first-order valence-corrected chi connectivity index (χ1v) is 7.57. The Bertz CT molecular complexity index is 696. The number of Topliss-reactive ketones (excluding diaryl/α,β-unsaturated/α-hetero) is 2. The van der Waals surface area contributed by atoms with Crippen molar-refractivity contribution in [3.63, 3.8) is 0 Å². The Morgan fingerprint density at radius 2 is 1.61 bits per heavy atom. The third-order valence-electron chi connectivity index (χ3n) is 3.84. The second kappa shape index (κ2) is 6.44. The zero-order valence-corrected chi connectivity index (χ0v) is 14.3. The van der Waals surface area contributed by atoms with Crippen molar-refractivity contribution in [1.82, 2.24) is 4.98 Å². The Morgan fingerprint density at radius 3 is 2.17 bits per heavy atom. The summed E-state index contributed by atoms with van der Waals surface area (Å²) in [6.07, 6.45) is 0.460. The molecule has 0 radical (unpaired) electrons. The Kier molecular flexibility index (Phi) is 4.78. The Labute approximate surface area is 136 Å². The molecule has 1 aromatic carbocycles. The second-order valence-electron chi connectivity index (χ2n) is 6.57. The van der Waals surface area contributed by atoms with E-state index in [0.717, 1.165) is 10.9 Å². The van der Waals surface area contributed by atoms with Crippen molar-refractivity contribution in [2.45, 2.75) is 33.6 Å². The lowest BCUT2D eigenvalue weighted by atomic mass is 9.87. The SMILES string of the molecule is COc1cc2cc(C(=O)CCC(=O)C(C)(C)C)[nH]c2cc1OC. The van der Waals surface area contributed by atoms with Gasteiger partial charge in [-0.2, -0.15) is 0 Å². The minimum atomic E-state index is -0.415. The first-order chi connectivity index (χ1) is 10.8. The fourth-order valence-corrected chi connectivity index (χ4v) is 2.35. The number of H-pyrrole nitrogens is 1. The molecule has 5 nitrogen and oxygen atoms in total. The molecular formula is C18H23NO4. The van der Waals surface area contributed by atoms with Gasteiger partial charge >= 0.3 is 0 Å². The van der Waals surface area contributed by atoms with Crippen LogP contribution in [0.25, 0.3) is 10.9 Å². The van der Waals surface area contributed by atoms with Gasteiger partial charge in [0.05, 0.1) is 19.9 Å². The van der Waals surface area contributed by atoms with Gasteiger partial charge in [-0.25, -0.2) is 0 Å². The number of hydrogen-bond acceptors (Lipinski definition) is 4. The maximum Gasteiger partial charge on any atom is 0.179 e. The number of carbonyl (C=O) groups is 2. The van der Waals surface area contributed by atoms with Crippen LogP contribution in [0, 0.1) is 5.41 Å². The number of methoxy groups -OCH3 is 2. The molecule has 0 atom stereocenters. The quantitative estimate of drug-likeness (QED) is 0.824. The number of benzene rings is 1. The normalized spacial score (nSPS) is 11.5. The number of aromatic amines is 1. The van der Waals surface area contributed by atoms with Crippen molar-refractivity contribution in [2.75, 3.05) is 14.2 Å². The molecule has 0 aliphatic carbocycles. The van der Waals surface area contributed by atoms with E-state index in [-0.39, 0.29) is 24.4 Å². The van der Waals surface area contributed by atoms with E-state index in [0.29, 0.717) is 17.2 Å². The zero-order chi connectivity index (χ0) is 17.2.